The van der Waals surface area contributed by atoms with Crippen LogP contribution in [0.2, 0.25) is 0 Å². The molecule has 16 heavy (non-hydrogen) atoms. The molecule has 0 atom stereocenters. The maximum absolute atomic E-state index is 9.29. The Morgan fingerprint density at radius 1 is 0.688 bits per heavy atom. The SMILES string of the molecule is O=C(O)CS.O=C(O)CS.O=C(O)CS.[Ce]. The summed E-state index contributed by atoms with van der Waals surface area (Å²) in [7, 11) is 0. The molecule has 0 aromatic heterocycles. The van der Waals surface area contributed by atoms with Crippen molar-refractivity contribution in [3.05, 3.63) is 0 Å². The van der Waals surface area contributed by atoms with Gasteiger partial charge >= 0.3 is 17.9 Å². The van der Waals surface area contributed by atoms with E-state index in [1.165, 1.54) is 0 Å². The minimum atomic E-state index is -0.881. The van der Waals surface area contributed by atoms with Gasteiger partial charge in [-0.3, -0.25) is 14.4 Å². The van der Waals surface area contributed by atoms with Gasteiger partial charge in [0.25, 0.3) is 0 Å². The third-order valence-corrected chi connectivity index (χ3v) is 1.22. The van der Waals surface area contributed by atoms with Crippen LogP contribution in [-0.2, 0) is 14.4 Å². The van der Waals surface area contributed by atoms with Crippen LogP contribution in [0.25, 0.3) is 0 Å². The number of rotatable bonds is 3. The Balaban J connectivity index is -0.0000000655. The van der Waals surface area contributed by atoms with Gasteiger partial charge in [0, 0.05) is 41.7 Å². The van der Waals surface area contributed by atoms with Gasteiger partial charge in [0.15, 0.2) is 0 Å². The van der Waals surface area contributed by atoms with Gasteiger partial charge in [-0.05, 0) is 0 Å². The van der Waals surface area contributed by atoms with E-state index < -0.39 is 17.9 Å². The number of aliphatic carboxylic acids is 3. The summed E-state index contributed by atoms with van der Waals surface area (Å²) in [4.78, 5) is 27.9. The first-order chi connectivity index (χ1) is 6.81. The molecule has 0 unspecified atom stereocenters. The van der Waals surface area contributed by atoms with E-state index in [0.717, 1.165) is 0 Å². The molecule has 0 aliphatic heterocycles. The van der Waals surface area contributed by atoms with E-state index in [1.807, 2.05) is 0 Å². The van der Waals surface area contributed by atoms with Gasteiger partial charge in [0.2, 0.25) is 0 Å². The molecule has 94 valence electrons. The molecule has 6 nitrogen and oxygen atoms in total. The van der Waals surface area contributed by atoms with Gasteiger partial charge < -0.3 is 15.3 Å². The van der Waals surface area contributed by atoms with Crippen LogP contribution in [0.5, 0.6) is 0 Å². The van der Waals surface area contributed by atoms with Crippen LogP contribution in [-0.4, -0.2) is 50.5 Å². The molecule has 0 saturated carbocycles. The molecular formula is C6H12CeO6S3. The van der Waals surface area contributed by atoms with Crippen molar-refractivity contribution in [2.24, 2.45) is 0 Å². The predicted molar refractivity (Wildman–Crippen MR) is 64.5 cm³/mol. The molecule has 0 rings (SSSR count). The standard InChI is InChI=1S/3C2H4O2S.Ce/c3*3-2(4)1-5;/h3*5H,1H2,(H,3,4);. The third kappa shape index (κ3) is 60.8. The summed E-state index contributed by atoms with van der Waals surface area (Å²) in [5.74, 6) is -2.89. The number of carboxylic acid groups (broad SMARTS) is 3. The second-order valence-electron chi connectivity index (χ2n) is 1.66. The summed E-state index contributed by atoms with van der Waals surface area (Å²) in [6.07, 6.45) is 0. The molecule has 0 radical (unpaired) electrons. The Kier molecular flexibility index (Phi) is 33.9. The van der Waals surface area contributed by atoms with E-state index in [1.54, 1.807) is 0 Å². The zero-order valence-electron chi connectivity index (χ0n) is 8.03. The average Bonchev–Trinajstić information content (AvgIpc) is 2.19. The van der Waals surface area contributed by atoms with Crippen molar-refractivity contribution in [3.8, 4) is 0 Å². The molecule has 0 aromatic carbocycles. The number of hydrogen-bond acceptors (Lipinski definition) is 6. The van der Waals surface area contributed by atoms with E-state index in [9.17, 15) is 14.4 Å². The molecule has 0 aliphatic rings. The van der Waals surface area contributed by atoms with Crippen LogP contribution in [0.15, 0.2) is 0 Å². The van der Waals surface area contributed by atoms with Gasteiger partial charge in [0.1, 0.15) is 0 Å². The molecule has 3 N–H and O–H groups in total. The van der Waals surface area contributed by atoms with Crippen molar-refractivity contribution in [3.63, 3.8) is 0 Å². The number of hydrogen-bond donors (Lipinski definition) is 6. The molecule has 0 spiro atoms. The van der Waals surface area contributed by atoms with Crippen LogP contribution in [0.4, 0.5) is 0 Å². The predicted octanol–water partition coefficient (Wildman–Crippen LogP) is 0.00240. The summed E-state index contributed by atoms with van der Waals surface area (Å²) >= 11 is 10.2. The molecular weight excluding hydrogens is 404 g/mol. The molecule has 0 aliphatic carbocycles. The van der Waals surface area contributed by atoms with Crippen LogP contribution in [0.3, 0.4) is 0 Å². The van der Waals surface area contributed by atoms with Gasteiger partial charge in [-0.25, -0.2) is 0 Å². The number of carbonyl (C=O) groups is 3. The average molecular weight is 416 g/mol. The van der Waals surface area contributed by atoms with Crippen LogP contribution in [0, 0.1) is 41.7 Å². The molecule has 0 heterocycles. The van der Waals surface area contributed by atoms with Crippen molar-refractivity contribution >= 4 is 55.8 Å². The number of carboxylic acids is 3. The van der Waals surface area contributed by atoms with Crippen molar-refractivity contribution in [1.29, 1.82) is 0 Å². The first-order valence-corrected chi connectivity index (χ1v) is 5.19. The van der Waals surface area contributed by atoms with E-state index in [2.05, 4.69) is 37.9 Å². The van der Waals surface area contributed by atoms with Gasteiger partial charge in [-0.15, -0.1) is 0 Å². The summed E-state index contributed by atoms with van der Waals surface area (Å²) in [5.41, 5.74) is 0. The van der Waals surface area contributed by atoms with E-state index in [4.69, 9.17) is 15.3 Å². The molecule has 0 saturated heterocycles. The molecule has 10 heteroatoms. The van der Waals surface area contributed by atoms with E-state index in [-0.39, 0.29) is 59.0 Å². The zero-order valence-corrected chi connectivity index (χ0v) is 13.9. The normalized spacial score (nSPS) is 6.94. The van der Waals surface area contributed by atoms with Crippen LogP contribution < -0.4 is 0 Å². The summed E-state index contributed by atoms with van der Waals surface area (Å²) in [6, 6.07) is 0. The van der Waals surface area contributed by atoms with E-state index >= 15 is 0 Å². The minimum absolute atomic E-state index is 0. The van der Waals surface area contributed by atoms with Crippen molar-refractivity contribution < 1.29 is 71.5 Å². The summed E-state index contributed by atoms with van der Waals surface area (Å²) < 4.78 is 0. The van der Waals surface area contributed by atoms with Crippen molar-refractivity contribution in [2.75, 3.05) is 17.3 Å². The molecule has 0 bridgehead atoms. The zero-order chi connectivity index (χ0) is 12.9. The monoisotopic (exact) mass is 416 g/mol. The van der Waals surface area contributed by atoms with Gasteiger partial charge in [-0.1, -0.05) is 0 Å². The van der Waals surface area contributed by atoms with Crippen LogP contribution in [0.1, 0.15) is 0 Å². The molecule has 0 fully saturated rings. The maximum atomic E-state index is 9.29. The largest absolute Gasteiger partial charge is 0.481 e. The summed E-state index contributed by atoms with van der Waals surface area (Å²) in [6.45, 7) is 0. The van der Waals surface area contributed by atoms with E-state index in [0.29, 0.717) is 0 Å². The third-order valence-electron chi connectivity index (χ3n) is 0.406. The summed E-state index contributed by atoms with van der Waals surface area (Å²) in [5, 5.41) is 22.9. The Morgan fingerprint density at radius 3 is 0.750 bits per heavy atom. The molecule has 0 amide bonds. The van der Waals surface area contributed by atoms with Gasteiger partial charge in [-0.2, -0.15) is 37.9 Å². The Labute approximate surface area is 143 Å². The fourth-order valence-electron chi connectivity index (χ4n) is 0. The smallest absolute Gasteiger partial charge is 0.313 e. The van der Waals surface area contributed by atoms with Crippen LogP contribution >= 0.6 is 37.9 Å². The Bertz CT molecular complexity index is 167. The quantitative estimate of drug-likeness (QED) is 0.362. The second-order valence-corrected chi connectivity index (χ2v) is 2.60. The van der Waals surface area contributed by atoms with Gasteiger partial charge in [0.05, 0.1) is 17.3 Å². The topological polar surface area (TPSA) is 112 Å². The second kappa shape index (κ2) is 21.2. The first kappa shape index (κ1) is 25.6. The minimum Gasteiger partial charge on any atom is -0.481 e. The van der Waals surface area contributed by atoms with Crippen molar-refractivity contribution in [1.82, 2.24) is 0 Å². The Hall–Kier alpha value is 0.837. The molecule has 0 aromatic rings. The fourth-order valence-corrected chi connectivity index (χ4v) is 0. The number of thiol groups is 3. The first-order valence-electron chi connectivity index (χ1n) is 3.29. The Morgan fingerprint density at radius 2 is 0.750 bits per heavy atom. The van der Waals surface area contributed by atoms with Crippen molar-refractivity contribution in [2.45, 2.75) is 0 Å². The fraction of sp³-hybridized carbons (Fsp3) is 0.500. The maximum Gasteiger partial charge on any atom is 0.313 e.